The van der Waals surface area contributed by atoms with Gasteiger partial charge in [-0.3, -0.25) is 9.59 Å². The molecule has 0 aromatic carbocycles. The van der Waals surface area contributed by atoms with Crippen LogP contribution in [0.2, 0.25) is 0 Å². The van der Waals surface area contributed by atoms with Crippen LogP contribution in [0.25, 0.3) is 0 Å². The summed E-state index contributed by atoms with van der Waals surface area (Å²) in [5.74, 6) is 0.375. The summed E-state index contributed by atoms with van der Waals surface area (Å²) in [6, 6.07) is 0. The minimum atomic E-state index is -0.507. The van der Waals surface area contributed by atoms with Crippen molar-refractivity contribution in [1.82, 2.24) is 16.0 Å². The lowest BCUT2D eigenvalue weighted by atomic mass is 9.92. The van der Waals surface area contributed by atoms with Gasteiger partial charge in [0.25, 0.3) is 0 Å². The predicted molar refractivity (Wildman–Crippen MR) is 68.6 cm³/mol. The van der Waals surface area contributed by atoms with Gasteiger partial charge in [0.1, 0.15) is 0 Å². The van der Waals surface area contributed by atoms with Crippen molar-refractivity contribution in [2.75, 3.05) is 26.7 Å². The van der Waals surface area contributed by atoms with Crippen LogP contribution in [0, 0.1) is 11.3 Å². The lowest BCUT2D eigenvalue weighted by molar-refractivity contribution is -0.129. The Hall–Kier alpha value is -1.10. The summed E-state index contributed by atoms with van der Waals surface area (Å²) in [4.78, 5) is 22.9. The van der Waals surface area contributed by atoms with Crippen LogP contribution in [0.3, 0.4) is 0 Å². The van der Waals surface area contributed by atoms with E-state index in [-0.39, 0.29) is 18.4 Å². The molecule has 0 aromatic heterocycles. The average Bonchev–Trinajstić information content (AvgIpc) is 2.24. The normalized spacial score (nSPS) is 11.4. The fraction of sp³-hybridized carbons (Fsp3) is 0.833. The van der Waals surface area contributed by atoms with E-state index in [4.69, 9.17) is 0 Å². The molecule has 3 N–H and O–H groups in total. The van der Waals surface area contributed by atoms with Crippen LogP contribution in [0.1, 0.15) is 27.7 Å². The molecule has 0 atom stereocenters. The average molecular weight is 243 g/mol. The first-order valence-corrected chi connectivity index (χ1v) is 5.99. The van der Waals surface area contributed by atoms with Crippen molar-refractivity contribution in [2.45, 2.75) is 27.7 Å². The first-order chi connectivity index (χ1) is 7.79. The monoisotopic (exact) mass is 243 g/mol. The molecule has 0 heterocycles. The summed E-state index contributed by atoms with van der Waals surface area (Å²) in [6.07, 6.45) is 0. The number of nitrogens with one attached hydrogen (secondary N) is 3. The van der Waals surface area contributed by atoms with E-state index in [2.05, 4.69) is 16.0 Å². The van der Waals surface area contributed by atoms with Gasteiger partial charge in [0, 0.05) is 20.1 Å². The van der Waals surface area contributed by atoms with Gasteiger partial charge < -0.3 is 16.0 Å². The molecule has 5 heteroatoms. The van der Waals surface area contributed by atoms with Crippen molar-refractivity contribution in [3.63, 3.8) is 0 Å². The maximum atomic E-state index is 11.5. The molecular formula is C12H25N3O2. The van der Waals surface area contributed by atoms with E-state index in [1.54, 1.807) is 7.05 Å². The van der Waals surface area contributed by atoms with Gasteiger partial charge in [-0.2, -0.15) is 0 Å². The molecule has 0 saturated carbocycles. The van der Waals surface area contributed by atoms with Crippen molar-refractivity contribution in [2.24, 2.45) is 11.3 Å². The van der Waals surface area contributed by atoms with E-state index in [0.717, 1.165) is 0 Å². The highest BCUT2D eigenvalue weighted by atomic mass is 16.2. The van der Waals surface area contributed by atoms with Crippen LogP contribution >= 0.6 is 0 Å². The van der Waals surface area contributed by atoms with Gasteiger partial charge in [-0.15, -0.1) is 0 Å². The van der Waals surface area contributed by atoms with Crippen LogP contribution in [0.4, 0.5) is 0 Å². The summed E-state index contributed by atoms with van der Waals surface area (Å²) in [6.45, 7) is 9.16. The number of carbonyl (C=O) groups is 2. The van der Waals surface area contributed by atoms with E-state index in [1.807, 2.05) is 27.7 Å². The number of rotatable bonds is 7. The number of carbonyl (C=O) groups excluding carboxylic acids is 2. The molecule has 0 rings (SSSR count). The van der Waals surface area contributed by atoms with E-state index in [1.165, 1.54) is 0 Å². The minimum Gasteiger partial charge on any atom is -0.359 e. The Morgan fingerprint density at radius 3 is 2.29 bits per heavy atom. The van der Waals surface area contributed by atoms with E-state index in [9.17, 15) is 9.59 Å². The second-order valence-corrected chi connectivity index (χ2v) is 5.26. The maximum absolute atomic E-state index is 11.5. The molecular weight excluding hydrogens is 218 g/mol. The Kier molecular flexibility index (Phi) is 6.80. The number of hydrogen-bond donors (Lipinski definition) is 3. The summed E-state index contributed by atoms with van der Waals surface area (Å²) < 4.78 is 0. The zero-order valence-electron chi connectivity index (χ0n) is 11.5. The fourth-order valence-electron chi connectivity index (χ4n) is 1.29. The molecule has 0 fully saturated rings. The van der Waals surface area contributed by atoms with Gasteiger partial charge >= 0.3 is 0 Å². The third-order valence-electron chi connectivity index (χ3n) is 2.40. The molecule has 0 aliphatic heterocycles. The predicted octanol–water partition coefficient (Wildman–Crippen LogP) is 0.120. The molecule has 17 heavy (non-hydrogen) atoms. The van der Waals surface area contributed by atoms with Crippen LogP contribution < -0.4 is 16.0 Å². The highest BCUT2D eigenvalue weighted by molar-refractivity contribution is 5.82. The van der Waals surface area contributed by atoms with Crippen LogP contribution in [0.15, 0.2) is 0 Å². The van der Waals surface area contributed by atoms with Gasteiger partial charge in [0.2, 0.25) is 11.8 Å². The largest absolute Gasteiger partial charge is 0.359 e. The maximum Gasteiger partial charge on any atom is 0.233 e. The van der Waals surface area contributed by atoms with Gasteiger partial charge in [0.15, 0.2) is 0 Å². The molecule has 0 aliphatic rings. The Bertz CT molecular complexity index is 262. The van der Waals surface area contributed by atoms with Crippen molar-refractivity contribution < 1.29 is 9.59 Å². The minimum absolute atomic E-state index is 0.0346. The molecule has 0 saturated heterocycles. The lowest BCUT2D eigenvalue weighted by Crippen LogP contribution is -2.45. The summed E-state index contributed by atoms with van der Waals surface area (Å²) in [7, 11) is 1.61. The summed E-state index contributed by atoms with van der Waals surface area (Å²) >= 11 is 0. The zero-order valence-corrected chi connectivity index (χ0v) is 11.5. The number of amides is 2. The first kappa shape index (κ1) is 15.9. The van der Waals surface area contributed by atoms with Crippen LogP contribution in [-0.4, -0.2) is 38.5 Å². The van der Waals surface area contributed by atoms with Gasteiger partial charge in [0.05, 0.1) is 12.0 Å². The Morgan fingerprint density at radius 1 is 1.24 bits per heavy atom. The molecule has 0 aromatic rings. The van der Waals surface area contributed by atoms with Gasteiger partial charge in [-0.05, 0) is 19.8 Å². The molecule has 0 spiro atoms. The standard InChI is InChI=1S/C12H25N3O2/c1-9(2)6-15-10(16)7-14-8-12(3,4)11(17)13-5/h9,14H,6-8H2,1-5H3,(H,13,17)(H,15,16). The Labute approximate surface area is 104 Å². The third kappa shape index (κ3) is 6.94. The van der Waals surface area contributed by atoms with E-state index in [0.29, 0.717) is 19.0 Å². The number of hydrogen-bond acceptors (Lipinski definition) is 3. The molecule has 0 bridgehead atoms. The quantitative estimate of drug-likeness (QED) is 0.595. The van der Waals surface area contributed by atoms with Crippen molar-refractivity contribution in [1.29, 1.82) is 0 Å². The molecule has 0 unspecified atom stereocenters. The first-order valence-electron chi connectivity index (χ1n) is 5.99. The smallest absolute Gasteiger partial charge is 0.233 e. The van der Waals surface area contributed by atoms with Gasteiger partial charge in [-0.1, -0.05) is 13.8 Å². The fourth-order valence-corrected chi connectivity index (χ4v) is 1.29. The summed E-state index contributed by atoms with van der Waals surface area (Å²) in [5.41, 5.74) is -0.507. The molecule has 5 nitrogen and oxygen atoms in total. The van der Waals surface area contributed by atoms with E-state index < -0.39 is 5.41 Å². The van der Waals surface area contributed by atoms with Crippen molar-refractivity contribution in [3.8, 4) is 0 Å². The lowest BCUT2D eigenvalue weighted by Gasteiger charge is -2.22. The highest BCUT2D eigenvalue weighted by Crippen LogP contribution is 2.12. The van der Waals surface area contributed by atoms with E-state index >= 15 is 0 Å². The van der Waals surface area contributed by atoms with Crippen LogP contribution in [-0.2, 0) is 9.59 Å². The molecule has 100 valence electrons. The zero-order chi connectivity index (χ0) is 13.5. The Balaban J connectivity index is 3.83. The topological polar surface area (TPSA) is 70.2 Å². The second-order valence-electron chi connectivity index (χ2n) is 5.26. The summed E-state index contributed by atoms with van der Waals surface area (Å²) in [5, 5.41) is 8.41. The van der Waals surface area contributed by atoms with Gasteiger partial charge in [-0.25, -0.2) is 0 Å². The highest BCUT2D eigenvalue weighted by Gasteiger charge is 2.26. The third-order valence-corrected chi connectivity index (χ3v) is 2.40. The SMILES string of the molecule is CNC(=O)C(C)(C)CNCC(=O)NCC(C)C. The molecule has 0 aliphatic carbocycles. The van der Waals surface area contributed by atoms with Crippen LogP contribution in [0.5, 0.6) is 0 Å². The Morgan fingerprint density at radius 2 is 1.82 bits per heavy atom. The van der Waals surface area contributed by atoms with Crippen molar-refractivity contribution in [3.05, 3.63) is 0 Å². The van der Waals surface area contributed by atoms with Crippen molar-refractivity contribution >= 4 is 11.8 Å². The molecule has 2 amide bonds. The second kappa shape index (κ2) is 7.27. The molecule has 0 radical (unpaired) electrons.